The van der Waals surface area contributed by atoms with Crippen LogP contribution in [0, 0.1) is 0 Å². The molecule has 0 saturated heterocycles. The third-order valence-corrected chi connectivity index (χ3v) is 10.5. The predicted molar refractivity (Wildman–Crippen MR) is 194 cm³/mol. The van der Waals surface area contributed by atoms with Gasteiger partial charge in [-0.25, -0.2) is 0 Å². The van der Waals surface area contributed by atoms with Crippen LogP contribution in [-0.2, 0) is 17.3 Å². The van der Waals surface area contributed by atoms with Crippen molar-refractivity contribution < 1.29 is 0 Å². The average molecular weight is 597 g/mol. The van der Waals surface area contributed by atoms with Crippen molar-refractivity contribution in [2.24, 2.45) is 5.73 Å². The Balaban J connectivity index is 1.25. The molecule has 0 amide bonds. The Kier molecular flexibility index (Phi) is 6.56. The molecule has 1 atom stereocenters. The molecular weight excluding hydrogens is 556 g/mol. The second kappa shape index (κ2) is 10.6. The summed E-state index contributed by atoms with van der Waals surface area (Å²) < 4.78 is 0. The Bertz CT molecular complexity index is 2170. The van der Waals surface area contributed by atoms with Crippen LogP contribution in [0.15, 0.2) is 133 Å². The van der Waals surface area contributed by atoms with Gasteiger partial charge in [0, 0.05) is 22.1 Å². The molecule has 3 N–H and O–H groups in total. The Labute approximate surface area is 272 Å². The summed E-state index contributed by atoms with van der Waals surface area (Å²) in [6.07, 6.45) is 2.80. The molecular formula is C44H40N2. The van der Waals surface area contributed by atoms with E-state index < -0.39 is 0 Å². The van der Waals surface area contributed by atoms with Crippen molar-refractivity contribution in [2.75, 3.05) is 0 Å². The lowest BCUT2D eigenvalue weighted by atomic mass is 9.81. The van der Waals surface area contributed by atoms with Crippen LogP contribution in [0.1, 0.15) is 72.8 Å². The minimum atomic E-state index is -0.345. The largest absolute Gasteiger partial charge is 0.366 e. The van der Waals surface area contributed by atoms with Gasteiger partial charge < -0.3 is 11.1 Å². The molecule has 6 aromatic carbocycles. The highest BCUT2D eigenvalue weighted by Crippen LogP contribution is 2.52. The summed E-state index contributed by atoms with van der Waals surface area (Å²) in [5.74, 6) is 0. The predicted octanol–water partition coefficient (Wildman–Crippen LogP) is 10.3. The van der Waals surface area contributed by atoms with Crippen molar-refractivity contribution >= 4 is 16.5 Å². The first-order chi connectivity index (χ1) is 22.2. The van der Waals surface area contributed by atoms with Gasteiger partial charge in [-0.3, -0.25) is 0 Å². The van der Waals surface area contributed by atoms with E-state index in [2.05, 4.69) is 160 Å². The number of nitrogens with two attached hydrogens (primary N) is 1. The molecule has 6 aromatic rings. The van der Waals surface area contributed by atoms with E-state index in [1.165, 1.54) is 66.4 Å². The quantitative estimate of drug-likeness (QED) is 0.188. The molecule has 0 saturated carbocycles. The van der Waals surface area contributed by atoms with E-state index in [1.54, 1.807) is 0 Å². The molecule has 46 heavy (non-hydrogen) atoms. The molecule has 0 aromatic heterocycles. The molecule has 0 heterocycles. The number of hydrogen-bond donors (Lipinski definition) is 2. The Hall–Kier alpha value is -4.92. The van der Waals surface area contributed by atoms with Crippen molar-refractivity contribution in [1.82, 2.24) is 5.32 Å². The first-order valence-electron chi connectivity index (χ1n) is 16.4. The van der Waals surface area contributed by atoms with E-state index in [0.717, 1.165) is 17.7 Å². The molecule has 1 unspecified atom stereocenters. The summed E-state index contributed by atoms with van der Waals surface area (Å²) >= 11 is 0. The number of allylic oxidation sites excluding steroid dienone is 1. The third kappa shape index (κ3) is 4.43. The van der Waals surface area contributed by atoms with Crippen LogP contribution in [0.25, 0.3) is 38.7 Å². The highest BCUT2D eigenvalue weighted by molar-refractivity contribution is 5.97. The zero-order chi connectivity index (χ0) is 31.6. The first kappa shape index (κ1) is 28.5. The van der Waals surface area contributed by atoms with Crippen LogP contribution in [-0.4, -0.2) is 0 Å². The van der Waals surface area contributed by atoms with Crippen LogP contribution in [0.5, 0.6) is 0 Å². The van der Waals surface area contributed by atoms with E-state index in [4.69, 9.17) is 5.73 Å². The highest BCUT2D eigenvalue weighted by atomic mass is 15.0. The molecule has 2 aliphatic rings. The minimum absolute atomic E-state index is 0.0271. The minimum Gasteiger partial charge on any atom is -0.366 e. The second-order valence-corrected chi connectivity index (χ2v) is 14.0. The van der Waals surface area contributed by atoms with Gasteiger partial charge in [0.25, 0.3) is 0 Å². The molecule has 0 spiro atoms. The summed E-state index contributed by atoms with van der Waals surface area (Å²) in [4.78, 5) is 0. The lowest BCUT2D eigenvalue weighted by Gasteiger charge is -2.24. The SMILES string of the molecule is CC1(C)c2ccccc2-c2ccc(C/C=C(\NC(N)c3ccccc3)c3cccc4c3-c3cc5ccccc5cc3C4(C)C)cc21. The van der Waals surface area contributed by atoms with Gasteiger partial charge in [0.2, 0.25) is 0 Å². The van der Waals surface area contributed by atoms with Crippen LogP contribution >= 0.6 is 0 Å². The van der Waals surface area contributed by atoms with Crippen LogP contribution < -0.4 is 11.1 Å². The zero-order valence-electron chi connectivity index (χ0n) is 27.1. The monoisotopic (exact) mass is 596 g/mol. The fourth-order valence-electron chi connectivity index (χ4n) is 7.95. The van der Waals surface area contributed by atoms with E-state index >= 15 is 0 Å². The fraction of sp³-hybridized carbons (Fsp3) is 0.182. The van der Waals surface area contributed by atoms with E-state index in [-0.39, 0.29) is 17.0 Å². The molecule has 8 rings (SSSR count). The summed E-state index contributed by atoms with van der Waals surface area (Å²) in [5, 5.41) is 6.31. The number of fused-ring (bicyclic) bond motifs is 7. The lowest BCUT2D eigenvalue weighted by Crippen LogP contribution is -2.28. The van der Waals surface area contributed by atoms with Gasteiger partial charge in [0.1, 0.15) is 6.17 Å². The molecule has 0 fully saturated rings. The number of rotatable bonds is 6. The van der Waals surface area contributed by atoms with Crippen molar-refractivity contribution in [3.63, 3.8) is 0 Å². The van der Waals surface area contributed by atoms with Crippen LogP contribution in [0.2, 0.25) is 0 Å². The average Bonchev–Trinajstić information content (AvgIpc) is 3.45. The van der Waals surface area contributed by atoms with Crippen molar-refractivity contribution in [1.29, 1.82) is 0 Å². The smallest absolute Gasteiger partial charge is 0.101 e. The maximum Gasteiger partial charge on any atom is 0.101 e. The summed E-state index contributed by atoms with van der Waals surface area (Å²) in [6, 6.07) is 46.4. The van der Waals surface area contributed by atoms with E-state index in [1.807, 2.05) is 6.07 Å². The van der Waals surface area contributed by atoms with Gasteiger partial charge in [0.05, 0.1) is 0 Å². The van der Waals surface area contributed by atoms with Crippen molar-refractivity contribution in [3.05, 3.63) is 172 Å². The molecule has 2 aliphatic carbocycles. The molecule has 226 valence electrons. The summed E-state index contributed by atoms with van der Waals surface area (Å²) in [5.41, 5.74) is 22.2. The Morgan fingerprint density at radius 1 is 0.609 bits per heavy atom. The van der Waals surface area contributed by atoms with Crippen LogP contribution in [0.3, 0.4) is 0 Å². The van der Waals surface area contributed by atoms with Gasteiger partial charge in [0.15, 0.2) is 0 Å². The topological polar surface area (TPSA) is 38.0 Å². The third-order valence-electron chi connectivity index (χ3n) is 10.5. The molecule has 0 aliphatic heterocycles. The summed E-state index contributed by atoms with van der Waals surface area (Å²) in [7, 11) is 0. The maximum absolute atomic E-state index is 6.88. The second-order valence-electron chi connectivity index (χ2n) is 14.0. The Morgan fingerprint density at radius 2 is 1.24 bits per heavy atom. The summed E-state index contributed by atoms with van der Waals surface area (Å²) in [6.45, 7) is 9.40. The van der Waals surface area contributed by atoms with Gasteiger partial charge in [-0.2, -0.15) is 0 Å². The normalized spacial score (nSPS) is 16.0. The number of benzene rings is 6. The van der Waals surface area contributed by atoms with Crippen molar-refractivity contribution in [3.8, 4) is 22.3 Å². The highest BCUT2D eigenvalue weighted by Gasteiger charge is 2.38. The molecule has 2 nitrogen and oxygen atoms in total. The number of nitrogens with one attached hydrogen (secondary N) is 1. The molecule has 0 bridgehead atoms. The van der Waals surface area contributed by atoms with E-state index in [9.17, 15) is 0 Å². The van der Waals surface area contributed by atoms with Gasteiger partial charge in [-0.05, 0) is 85.0 Å². The first-order valence-corrected chi connectivity index (χ1v) is 16.4. The zero-order valence-corrected chi connectivity index (χ0v) is 27.1. The van der Waals surface area contributed by atoms with Crippen molar-refractivity contribution in [2.45, 2.75) is 51.1 Å². The van der Waals surface area contributed by atoms with Gasteiger partial charge in [-0.15, -0.1) is 0 Å². The number of hydrogen-bond acceptors (Lipinski definition) is 2. The molecule has 2 heteroatoms. The maximum atomic E-state index is 6.88. The fourth-order valence-corrected chi connectivity index (χ4v) is 7.95. The van der Waals surface area contributed by atoms with Gasteiger partial charge >= 0.3 is 0 Å². The lowest BCUT2D eigenvalue weighted by molar-refractivity contribution is 0.658. The Morgan fingerprint density at radius 3 is 2.04 bits per heavy atom. The standard InChI is InChI=1S/C44H40N2/c1-43(2)36-19-11-10-17-32(36)33-23-21-28(25-38(33)43)22-24-40(46-42(45)29-13-6-5-7-14-29)34-18-12-20-37-41(34)35-26-30-15-8-9-16-31(30)27-39(35)44(37,3)4/h5-21,23-27,42,46H,22,45H2,1-4H3/b40-24-. The van der Waals surface area contributed by atoms with Crippen LogP contribution in [0.4, 0.5) is 0 Å². The van der Waals surface area contributed by atoms with E-state index in [0.29, 0.717) is 0 Å². The van der Waals surface area contributed by atoms with Gasteiger partial charge in [-0.1, -0.05) is 149 Å². The molecule has 0 radical (unpaired) electrons.